The van der Waals surface area contributed by atoms with Crippen LogP contribution < -0.4 is 5.32 Å². The fourth-order valence-corrected chi connectivity index (χ4v) is 4.06. The SMILES string of the molecule is O=C(NCc1cc(Br)ccc1F)C1CCCCN1C(=O)c1cccs1. The summed E-state index contributed by atoms with van der Waals surface area (Å²) >= 11 is 4.67. The van der Waals surface area contributed by atoms with Crippen molar-refractivity contribution in [1.82, 2.24) is 10.2 Å². The Bertz CT molecular complexity index is 766. The first kappa shape index (κ1) is 18.1. The van der Waals surface area contributed by atoms with Crippen molar-refractivity contribution in [3.63, 3.8) is 0 Å². The zero-order valence-electron chi connectivity index (χ0n) is 13.5. The van der Waals surface area contributed by atoms with Gasteiger partial charge in [-0.25, -0.2) is 4.39 Å². The van der Waals surface area contributed by atoms with E-state index in [1.165, 1.54) is 17.4 Å². The molecule has 0 bridgehead atoms. The topological polar surface area (TPSA) is 49.4 Å². The number of carbonyl (C=O) groups excluding carboxylic acids is 2. The fourth-order valence-electron chi connectivity index (χ4n) is 2.97. The summed E-state index contributed by atoms with van der Waals surface area (Å²) in [5.74, 6) is -0.703. The molecule has 132 valence electrons. The molecule has 7 heteroatoms. The zero-order valence-corrected chi connectivity index (χ0v) is 15.9. The molecule has 1 N–H and O–H groups in total. The second-order valence-electron chi connectivity index (χ2n) is 5.94. The van der Waals surface area contributed by atoms with Gasteiger partial charge in [-0.3, -0.25) is 9.59 Å². The first-order valence-electron chi connectivity index (χ1n) is 8.12. The van der Waals surface area contributed by atoms with Crippen molar-refractivity contribution in [3.05, 3.63) is 56.4 Å². The minimum Gasteiger partial charge on any atom is -0.350 e. The van der Waals surface area contributed by atoms with E-state index in [2.05, 4.69) is 21.2 Å². The van der Waals surface area contributed by atoms with Crippen LogP contribution in [-0.4, -0.2) is 29.3 Å². The van der Waals surface area contributed by atoms with Crippen LogP contribution in [0.4, 0.5) is 4.39 Å². The van der Waals surface area contributed by atoms with Crippen LogP contribution in [0.3, 0.4) is 0 Å². The van der Waals surface area contributed by atoms with Crippen molar-refractivity contribution in [2.24, 2.45) is 0 Å². The molecule has 1 fully saturated rings. The maximum Gasteiger partial charge on any atom is 0.264 e. The molecule has 2 amide bonds. The predicted molar refractivity (Wildman–Crippen MR) is 98.9 cm³/mol. The van der Waals surface area contributed by atoms with Crippen LogP contribution in [0, 0.1) is 5.82 Å². The first-order valence-corrected chi connectivity index (χ1v) is 9.79. The summed E-state index contributed by atoms with van der Waals surface area (Å²) in [6.45, 7) is 0.668. The molecule has 2 heterocycles. The molecule has 1 aromatic heterocycles. The first-order chi connectivity index (χ1) is 12.1. The van der Waals surface area contributed by atoms with E-state index in [1.54, 1.807) is 23.1 Å². The van der Waals surface area contributed by atoms with E-state index in [0.717, 1.165) is 17.3 Å². The van der Waals surface area contributed by atoms with Crippen LogP contribution >= 0.6 is 27.3 Å². The molecule has 1 saturated heterocycles. The van der Waals surface area contributed by atoms with Gasteiger partial charge in [-0.2, -0.15) is 0 Å². The van der Waals surface area contributed by atoms with Gasteiger partial charge in [0.1, 0.15) is 11.9 Å². The third kappa shape index (κ3) is 4.27. The van der Waals surface area contributed by atoms with Gasteiger partial charge in [-0.05, 0) is 48.9 Å². The van der Waals surface area contributed by atoms with E-state index in [-0.39, 0.29) is 24.2 Å². The van der Waals surface area contributed by atoms with Crippen LogP contribution in [0.1, 0.15) is 34.5 Å². The molecular weight excluding hydrogens is 407 g/mol. The molecular formula is C18H18BrFN2O2S. The summed E-state index contributed by atoms with van der Waals surface area (Å²) in [6, 6.07) is 7.71. The van der Waals surface area contributed by atoms with Crippen molar-refractivity contribution in [3.8, 4) is 0 Å². The Kier molecular flexibility index (Phi) is 5.86. The Hall–Kier alpha value is -1.73. The molecule has 0 saturated carbocycles. The maximum atomic E-state index is 13.8. The monoisotopic (exact) mass is 424 g/mol. The third-order valence-corrected chi connectivity index (χ3v) is 5.61. The van der Waals surface area contributed by atoms with Gasteiger partial charge in [0, 0.05) is 23.1 Å². The van der Waals surface area contributed by atoms with E-state index in [4.69, 9.17) is 0 Å². The van der Waals surface area contributed by atoms with E-state index < -0.39 is 6.04 Å². The highest BCUT2D eigenvalue weighted by Crippen LogP contribution is 2.22. The normalized spacial score (nSPS) is 17.4. The van der Waals surface area contributed by atoms with Crippen LogP contribution in [0.2, 0.25) is 0 Å². The number of piperidine rings is 1. The lowest BCUT2D eigenvalue weighted by Crippen LogP contribution is -2.51. The van der Waals surface area contributed by atoms with Crippen LogP contribution in [-0.2, 0) is 11.3 Å². The number of amides is 2. The van der Waals surface area contributed by atoms with Crippen molar-refractivity contribution in [1.29, 1.82) is 0 Å². The average Bonchev–Trinajstić information content (AvgIpc) is 3.16. The minimum absolute atomic E-state index is 0.0988. The van der Waals surface area contributed by atoms with E-state index in [1.807, 2.05) is 11.4 Å². The van der Waals surface area contributed by atoms with Crippen molar-refractivity contribution in [2.45, 2.75) is 31.8 Å². The molecule has 1 unspecified atom stereocenters. The third-order valence-electron chi connectivity index (χ3n) is 4.26. The second kappa shape index (κ2) is 8.10. The van der Waals surface area contributed by atoms with Crippen LogP contribution in [0.5, 0.6) is 0 Å². The standard InChI is InChI=1S/C18H18BrFN2O2S/c19-13-6-7-14(20)12(10-13)11-21-17(23)15-4-1-2-8-22(15)18(24)16-5-3-9-25-16/h3,5-7,9-10,15H,1-2,4,8,11H2,(H,21,23). The van der Waals surface area contributed by atoms with Gasteiger partial charge in [0.15, 0.2) is 0 Å². The number of carbonyl (C=O) groups is 2. The maximum absolute atomic E-state index is 13.8. The average molecular weight is 425 g/mol. The lowest BCUT2D eigenvalue weighted by atomic mass is 10.0. The smallest absolute Gasteiger partial charge is 0.264 e. The van der Waals surface area contributed by atoms with Gasteiger partial charge in [-0.15, -0.1) is 11.3 Å². The Balaban J connectivity index is 1.68. The quantitative estimate of drug-likeness (QED) is 0.807. The largest absolute Gasteiger partial charge is 0.350 e. The van der Waals surface area contributed by atoms with Gasteiger partial charge < -0.3 is 10.2 Å². The summed E-state index contributed by atoms with van der Waals surface area (Å²) < 4.78 is 14.6. The molecule has 1 aromatic carbocycles. The summed E-state index contributed by atoms with van der Waals surface area (Å²) in [6.07, 6.45) is 2.42. The number of rotatable bonds is 4. The van der Waals surface area contributed by atoms with Crippen LogP contribution in [0.25, 0.3) is 0 Å². The van der Waals surface area contributed by atoms with Crippen molar-refractivity contribution in [2.75, 3.05) is 6.54 Å². The Morgan fingerprint density at radius 3 is 2.92 bits per heavy atom. The number of likely N-dealkylation sites (tertiary alicyclic amines) is 1. The Labute approximate surface area is 158 Å². The molecule has 1 aliphatic rings. The molecule has 25 heavy (non-hydrogen) atoms. The highest BCUT2D eigenvalue weighted by atomic mass is 79.9. The molecule has 0 spiro atoms. The summed E-state index contributed by atoms with van der Waals surface area (Å²) in [5.41, 5.74) is 0.412. The summed E-state index contributed by atoms with van der Waals surface area (Å²) in [4.78, 5) is 27.5. The predicted octanol–water partition coefficient (Wildman–Crippen LogP) is 3.96. The molecule has 3 rings (SSSR count). The van der Waals surface area contributed by atoms with E-state index >= 15 is 0 Å². The summed E-state index contributed by atoms with van der Waals surface area (Å²) in [7, 11) is 0. The lowest BCUT2D eigenvalue weighted by Gasteiger charge is -2.34. The molecule has 2 aromatic rings. The number of hydrogen-bond acceptors (Lipinski definition) is 3. The highest BCUT2D eigenvalue weighted by molar-refractivity contribution is 9.10. The number of nitrogens with zero attached hydrogens (tertiary/aromatic N) is 1. The molecule has 1 aliphatic heterocycles. The minimum atomic E-state index is -0.501. The second-order valence-corrected chi connectivity index (χ2v) is 7.80. The number of nitrogens with one attached hydrogen (secondary N) is 1. The van der Waals surface area contributed by atoms with Gasteiger partial charge in [-0.1, -0.05) is 22.0 Å². The van der Waals surface area contributed by atoms with Gasteiger partial charge in [0.05, 0.1) is 4.88 Å². The molecule has 4 nitrogen and oxygen atoms in total. The molecule has 1 atom stereocenters. The molecule has 0 radical (unpaired) electrons. The van der Waals surface area contributed by atoms with Gasteiger partial charge >= 0.3 is 0 Å². The van der Waals surface area contributed by atoms with Crippen molar-refractivity contribution < 1.29 is 14.0 Å². The summed E-state index contributed by atoms with van der Waals surface area (Å²) in [5, 5.41) is 4.63. The van der Waals surface area contributed by atoms with E-state index in [0.29, 0.717) is 23.4 Å². The van der Waals surface area contributed by atoms with E-state index in [9.17, 15) is 14.0 Å². The number of thiophene rings is 1. The van der Waals surface area contributed by atoms with Crippen molar-refractivity contribution >= 4 is 39.1 Å². The lowest BCUT2D eigenvalue weighted by molar-refractivity contribution is -0.126. The Morgan fingerprint density at radius 2 is 2.16 bits per heavy atom. The number of benzene rings is 1. The zero-order chi connectivity index (χ0) is 17.8. The van der Waals surface area contributed by atoms with Gasteiger partial charge in [0.2, 0.25) is 5.91 Å². The van der Waals surface area contributed by atoms with Crippen LogP contribution in [0.15, 0.2) is 40.2 Å². The highest BCUT2D eigenvalue weighted by Gasteiger charge is 2.32. The fraction of sp³-hybridized carbons (Fsp3) is 0.333. The molecule has 0 aliphatic carbocycles. The van der Waals surface area contributed by atoms with Gasteiger partial charge in [0.25, 0.3) is 5.91 Å². The Morgan fingerprint density at radius 1 is 1.32 bits per heavy atom. The number of halogens is 2. The number of hydrogen-bond donors (Lipinski definition) is 1.